The highest BCUT2D eigenvalue weighted by atomic mass is 79.9. The van der Waals surface area contributed by atoms with Gasteiger partial charge in [-0.25, -0.2) is 4.39 Å². The van der Waals surface area contributed by atoms with E-state index in [1.165, 1.54) is 36.6 Å². The van der Waals surface area contributed by atoms with Gasteiger partial charge in [0.15, 0.2) is 0 Å². The lowest BCUT2D eigenvalue weighted by atomic mass is 10.1. The van der Waals surface area contributed by atoms with Crippen molar-refractivity contribution in [1.29, 1.82) is 0 Å². The largest absolute Gasteiger partial charge is 0.467 e. The Morgan fingerprint density at radius 1 is 1.07 bits per heavy atom. The minimum atomic E-state index is -0.597. The van der Waals surface area contributed by atoms with Gasteiger partial charge in [0.05, 0.1) is 29.6 Å². The van der Waals surface area contributed by atoms with Crippen LogP contribution in [-0.2, 0) is 6.54 Å². The Morgan fingerprint density at radius 2 is 1.86 bits per heavy atom. The van der Waals surface area contributed by atoms with Crippen LogP contribution in [0.2, 0.25) is 0 Å². The maximum Gasteiger partial charge on any atom is 0.261 e. The first kappa shape index (κ1) is 18.1. The lowest BCUT2D eigenvalue weighted by Gasteiger charge is -2.11. The van der Waals surface area contributed by atoms with E-state index in [0.717, 1.165) is 4.90 Å². The number of hydrogen-bond acceptors (Lipinski definition) is 4. The molecule has 0 saturated heterocycles. The quantitative estimate of drug-likeness (QED) is 0.613. The summed E-state index contributed by atoms with van der Waals surface area (Å²) in [6, 6.07) is 11.8. The first-order chi connectivity index (χ1) is 13.4. The normalized spacial score (nSPS) is 13.0. The lowest BCUT2D eigenvalue weighted by Crippen LogP contribution is -2.28. The molecule has 0 spiro atoms. The fourth-order valence-electron chi connectivity index (χ4n) is 2.92. The third-order valence-electron chi connectivity index (χ3n) is 4.31. The monoisotopic (exact) mass is 442 g/mol. The predicted molar refractivity (Wildman–Crippen MR) is 101 cm³/mol. The third kappa shape index (κ3) is 3.22. The van der Waals surface area contributed by atoms with Crippen LogP contribution < -0.4 is 5.32 Å². The molecule has 6 nitrogen and oxygen atoms in total. The Kier molecular flexibility index (Phi) is 4.56. The molecule has 1 aliphatic heterocycles. The van der Waals surface area contributed by atoms with Crippen LogP contribution in [0.3, 0.4) is 0 Å². The highest BCUT2D eigenvalue weighted by Gasteiger charge is 2.36. The summed E-state index contributed by atoms with van der Waals surface area (Å²) in [6.07, 6.45) is 1.46. The number of carbonyl (C=O) groups is 3. The van der Waals surface area contributed by atoms with E-state index >= 15 is 0 Å². The van der Waals surface area contributed by atoms with Crippen LogP contribution in [0.4, 0.5) is 10.1 Å². The number of hydrogen-bond donors (Lipinski definition) is 1. The predicted octanol–water partition coefficient (Wildman–Crippen LogP) is 4.23. The second-order valence-electron chi connectivity index (χ2n) is 6.11. The molecular weight excluding hydrogens is 431 g/mol. The van der Waals surface area contributed by atoms with E-state index in [-0.39, 0.29) is 28.9 Å². The number of rotatable bonds is 4. The number of fused-ring (bicyclic) bond motifs is 1. The molecule has 3 amide bonds. The third-order valence-corrected chi connectivity index (χ3v) is 4.80. The molecule has 0 fully saturated rings. The standard InChI is InChI=1S/C20H12BrFN2O4/c21-12-4-6-17(16(22)9-12)23-18(25)11-3-5-14-15(8-11)20(27)24(19(14)26)10-13-2-1-7-28-13/h1-9H,10H2,(H,23,25). The Bertz CT molecular complexity index is 1110. The van der Waals surface area contributed by atoms with Gasteiger partial charge >= 0.3 is 0 Å². The van der Waals surface area contributed by atoms with Gasteiger partial charge in [-0.2, -0.15) is 0 Å². The van der Waals surface area contributed by atoms with Gasteiger partial charge in [-0.1, -0.05) is 15.9 Å². The van der Waals surface area contributed by atoms with E-state index in [4.69, 9.17) is 4.42 Å². The highest BCUT2D eigenvalue weighted by molar-refractivity contribution is 9.10. The van der Waals surface area contributed by atoms with E-state index in [0.29, 0.717) is 10.2 Å². The second-order valence-corrected chi connectivity index (χ2v) is 7.03. The summed E-state index contributed by atoms with van der Waals surface area (Å²) >= 11 is 3.15. The summed E-state index contributed by atoms with van der Waals surface area (Å²) in [5, 5.41) is 2.46. The van der Waals surface area contributed by atoms with Gasteiger partial charge in [0.2, 0.25) is 0 Å². The van der Waals surface area contributed by atoms with Gasteiger partial charge in [0.25, 0.3) is 17.7 Å². The summed E-state index contributed by atoms with van der Waals surface area (Å²) in [6.45, 7) is 0.00494. The molecule has 0 unspecified atom stereocenters. The first-order valence-corrected chi connectivity index (χ1v) is 9.02. The fourth-order valence-corrected chi connectivity index (χ4v) is 3.25. The van der Waals surface area contributed by atoms with Crippen LogP contribution in [-0.4, -0.2) is 22.6 Å². The summed E-state index contributed by atoms with van der Waals surface area (Å²) in [5.74, 6) is -1.69. The SMILES string of the molecule is O=C(Nc1ccc(Br)cc1F)c1ccc2c(c1)C(=O)N(Cc1ccco1)C2=O. The maximum absolute atomic E-state index is 13.9. The molecule has 1 aromatic heterocycles. The molecule has 0 saturated carbocycles. The molecule has 1 aliphatic rings. The van der Waals surface area contributed by atoms with E-state index < -0.39 is 23.5 Å². The Morgan fingerprint density at radius 3 is 2.57 bits per heavy atom. The lowest BCUT2D eigenvalue weighted by molar-refractivity contribution is 0.0631. The van der Waals surface area contributed by atoms with Crippen LogP contribution in [0.5, 0.6) is 0 Å². The molecule has 0 aliphatic carbocycles. The van der Waals surface area contributed by atoms with Crippen molar-refractivity contribution in [2.24, 2.45) is 0 Å². The molecule has 2 aromatic carbocycles. The number of amides is 3. The molecule has 1 N–H and O–H groups in total. The smallest absolute Gasteiger partial charge is 0.261 e. The van der Waals surface area contributed by atoms with Gasteiger partial charge in [0.1, 0.15) is 11.6 Å². The molecule has 8 heteroatoms. The number of halogens is 2. The molecule has 0 bridgehead atoms. The van der Waals surface area contributed by atoms with Crippen molar-refractivity contribution in [1.82, 2.24) is 4.90 Å². The van der Waals surface area contributed by atoms with Gasteiger partial charge in [-0.05, 0) is 48.5 Å². The zero-order chi connectivity index (χ0) is 19.8. The molecule has 28 heavy (non-hydrogen) atoms. The summed E-state index contributed by atoms with van der Waals surface area (Å²) < 4.78 is 19.7. The minimum absolute atomic E-state index is 0.00494. The highest BCUT2D eigenvalue weighted by Crippen LogP contribution is 2.26. The van der Waals surface area contributed by atoms with Crippen molar-refractivity contribution in [2.45, 2.75) is 6.54 Å². The fraction of sp³-hybridized carbons (Fsp3) is 0.0500. The number of anilines is 1. The zero-order valence-corrected chi connectivity index (χ0v) is 15.8. The molecule has 2 heterocycles. The number of nitrogens with one attached hydrogen (secondary N) is 1. The topological polar surface area (TPSA) is 79.6 Å². The van der Waals surface area contributed by atoms with Crippen molar-refractivity contribution in [3.8, 4) is 0 Å². The minimum Gasteiger partial charge on any atom is -0.467 e. The second kappa shape index (κ2) is 7.05. The van der Waals surface area contributed by atoms with Crippen LogP contribution in [0.25, 0.3) is 0 Å². The molecule has 3 aromatic rings. The Labute approximate surface area is 167 Å². The number of furan rings is 1. The van der Waals surface area contributed by atoms with Gasteiger partial charge in [-0.15, -0.1) is 0 Å². The zero-order valence-electron chi connectivity index (χ0n) is 14.2. The van der Waals surface area contributed by atoms with Gasteiger partial charge in [0, 0.05) is 10.0 Å². The van der Waals surface area contributed by atoms with Crippen LogP contribution >= 0.6 is 15.9 Å². The van der Waals surface area contributed by atoms with Gasteiger partial charge < -0.3 is 9.73 Å². The molecular formula is C20H12BrFN2O4. The Balaban J connectivity index is 1.58. The maximum atomic E-state index is 13.9. The molecule has 0 atom stereocenters. The van der Waals surface area contributed by atoms with Crippen LogP contribution in [0, 0.1) is 5.82 Å². The van der Waals surface area contributed by atoms with Crippen molar-refractivity contribution >= 4 is 39.3 Å². The van der Waals surface area contributed by atoms with Crippen molar-refractivity contribution in [3.05, 3.63) is 87.5 Å². The summed E-state index contributed by atoms with van der Waals surface area (Å²) in [7, 11) is 0. The van der Waals surface area contributed by atoms with Crippen molar-refractivity contribution in [3.63, 3.8) is 0 Å². The number of nitrogens with zero attached hydrogens (tertiary/aromatic N) is 1. The van der Waals surface area contributed by atoms with E-state index in [9.17, 15) is 18.8 Å². The van der Waals surface area contributed by atoms with E-state index in [2.05, 4.69) is 21.2 Å². The first-order valence-electron chi connectivity index (χ1n) is 8.23. The summed E-state index contributed by atoms with van der Waals surface area (Å²) in [5.41, 5.74) is 0.487. The number of carbonyl (C=O) groups excluding carboxylic acids is 3. The van der Waals surface area contributed by atoms with E-state index in [1.54, 1.807) is 18.2 Å². The number of imide groups is 1. The van der Waals surface area contributed by atoms with Crippen LogP contribution in [0.15, 0.2) is 63.7 Å². The van der Waals surface area contributed by atoms with Crippen molar-refractivity contribution in [2.75, 3.05) is 5.32 Å². The summed E-state index contributed by atoms with van der Waals surface area (Å²) in [4.78, 5) is 38.6. The average molecular weight is 443 g/mol. The average Bonchev–Trinajstić information content (AvgIpc) is 3.27. The Hall–Kier alpha value is -3.26. The molecule has 4 rings (SSSR count). The van der Waals surface area contributed by atoms with Gasteiger partial charge in [-0.3, -0.25) is 19.3 Å². The van der Waals surface area contributed by atoms with Crippen molar-refractivity contribution < 1.29 is 23.2 Å². The molecule has 0 radical (unpaired) electrons. The van der Waals surface area contributed by atoms with Crippen LogP contribution in [0.1, 0.15) is 36.8 Å². The number of benzene rings is 2. The van der Waals surface area contributed by atoms with E-state index in [1.807, 2.05) is 0 Å². The molecule has 140 valence electrons.